The van der Waals surface area contributed by atoms with Gasteiger partial charge < -0.3 is 10.6 Å². The number of carbonyl (C=O) groups excluding carboxylic acids is 2. The Kier molecular flexibility index (Phi) is 6.62. The average molecular weight is 585 g/mol. The summed E-state index contributed by atoms with van der Waals surface area (Å²) in [5.74, 6) is 0.0267. The fourth-order valence-electron chi connectivity index (χ4n) is 4.96. The quantitative estimate of drug-likeness (QED) is 0.317. The number of amides is 2. The van der Waals surface area contributed by atoms with Crippen LogP contribution in [-0.2, 0) is 4.79 Å². The number of hydrogen-bond acceptors (Lipinski definition) is 3. The van der Waals surface area contributed by atoms with E-state index in [1.165, 1.54) is 0 Å². The molecule has 1 atom stereocenters. The van der Waals surface area contributed by atoms with Crippen molar-refractivity contribution in [2.75, 3.05) is 15.5 Å². The van der Waals surface area contributed by atoms with E-state index in [-0.39, 0.29) is 17.2 Å². The molecule has 1 aliphatic carbocycles. The molecule has 1 heterocycles. The average Bonchev–Trinajstić information content (AvgIpc) is 2.95. The molecule has 36 heavy (non-hydrogen) atoms. The normalized spacial score (nSPS) is 18.6. The van der Waals surface area contributed by atoms with Crippen LogP contribution in [0.3, 0.4) is 0 Å². The Labute approximate surface area is 228 Å². The highest BCUT2D eigenvalue weighted by Crippen LogP contribution is 2.48. The number of Topliss-reactive ketones (excluding diaryl/α,β-unsaturated/α-hetero) is 1. The van der Waals surface area contributed by atoms with Crippen LogP contribution in [0.1, 0.15) is 38.3 Å². The molecule has 184 valence electrons. The molecule has 0 saturated carbocycles. The minimum absolute atomic E-state index is 0.0267. The molecule has 0 spiro atoms. The first-order chi connectivity index (χ1) is 17.1. The van der Waals surface area contributed by atoms with Crippen LogP contribution >= 0.6 is 39.1 Å². The van der Waals surface area contributed by atoms with Crippen LogP contribution in [0, 0.1) is 5.41 Å². The number of nitrogens with one attached hydrogen (secondary N) is 2. The lowest BCUT2D eigenvalue weighted by Gasteiger charge is -2.37. The molecule has 3 aromatic carbocycles. The van der Waals surface area contributed by atoms with Gasteiger partial charge >= 0.3 is 6.03 Å². The minimum Gasteiger partial charge on any atom is -0.357 e. The van der Waals surface area contributed by atoms with Gasteiger partial charge in [0.1, 0.15) is 0 Å². The fraction of sp³-hybridized carbons (Fsp3) is 0.214. The Morgan fingerprint density at radius 3 is 2.56 bits per heavy atom. The lowest BCUT2D eigenvalue weighted by atomic mass is 9.73. The summed E-state index contributed by atoms with van der Waals surface area (Å²) in [6.45, 7) is 4.19. The Balaban J connectivity index is 1.71. The SMILES string of the molecule is CC1(C)CC(=O)C2=C(C1)Nc1ccccc1N(C(=O)Nc1ccc(Cl)c(Cl)c1)C2c1cccc(Br)c1. The number of ketones is 1. The van der Waals surface area contributed by atoms with Crippen molar-refractivity contribution in [3.05, 3.63) is 98.1 Å². The van der Waals surface area contributed by atoms with Gasteiger partial charge in [0.2, 0.25) is 0 Å². The van der Waals surface area contributed by atoms with Crippen molar-refractivity contribution in [1.29, 1.82) is 0 Å². The van der Waals surface area contributed by atoms with Gasteiger partial charge in [-0.1, -0.05) is 77.2 Å². The zero-order valence-corrected chi connectivity index (χ0v) is 22.8. The number of carbonyl (C=O) groups is 2. The number of urea groups is 1. The summed E-state index contributed by atoms with van der Waals surface area (Å²) in [6, 6.07) is 19.3. The lowest BCUT2D eigenvalue weighted by molar-refractivity contribution is -0.118. The van der Waals surface area contributed by atoms with E-state index < -0.39 is 6.04 Å². The smallest absolute Gasteiger partial charge is 0.327 e. The van der Waals surface area contributed by atoms with E-state index in [1.807, 2.05) is 48.5 Å². The number of para-hydroxylation sites is 2. The lowest BCUT2D eigenvalue weighted by Crippen LogP contribution is -2.41. The summed E-state index contributed by atoms with van der Waals surface area (Å²) >= 11 is 15.8. The van der Waals surface area contributed by atoms with Gasteiger partial charge in [-0.25, -0.2) is 4.79 Å². The van der Waals surface area contributed by atoms with Crippen molar-refractivity contribution in [2.45, 2.75) is 32.7 Å². The third-order valence-corrected chi connectivity index (χ3v) is 7.69. The van der Waals surface area contributed by atoms with Crippen LogP contribution in [0.4, 0.5) is 21.9 Å². The molecule has 5 nitrogen and oxygen atoms in total. The number of anilines is 3. The molecule has 1 aliphatic heterocycles. The van der Waals surface area contributed by atoms with Crippen molar-refractivity contribution in [1.82, 2.24) is 0 Å². The number of hydrogen-bond donors (Lipinski definition) is 2. The molecule has 2 aliphatic rings. The van der Waals surface area contributed by atoms with Crippen LogP contribution in [0.15, 0.2) is 82.5 Å². The van der Waals surface area contributed by atoms with Crippen molar-refractivity contribution < 1.29 is 9.59 Å². The Morgan fingerprint density at radius 2 is 1.81 bits per heavy atom. The van der Waals surface area contributed by atoms with E-state index in [0.29, 0.717) is 39.8 Å². The van der Waals surface area contributed by atoms with Crippen LogP contribution in [0.5, 0.6) is 0 Å². The van der Waals surface area contributed by atoms with Gasteiger partial charge in [-0.05, 0) is 59.9 Å². The second-order valence-electron chi connectivity index (χ2n) is 9.86. The Hall–Kier alpha value is -2.80. The first-order valence-electron chi connectivity index (χ1n) is 11.6. The van der Waals surface area contributed by atoms with E-state index in [0.717, 1.165) is 21.4 Å². The van der Waals surface area contributed by atoms with Gasteiger partial charge in [-0.2, -0.15) is 0 Å². The molecule has 5 rings (SSSR count). The molecule has 0 aromatic heterocycles. The highest BCUT2D eigenvalue weighted by molar-refractivity contribution is 9.10. The molecule has 0 fully saturated rings. The molecule has 1 unspecified atom stereocenters. The monoisotopic (exact) mass is 583 g/mol. The third-order valence-electron chi connectivity index (χ3n) is 6.45. The Morgan fingerprint density at radius 1 is 1.03 bits per heavy atom. The second-order valence-corrected chi connectivity index (χ2v) is 11.6. The van der Waals surface area contributed by atoms with Crippen LogP contribution in [0.2, 0.25) is 10.0 Å². The summed E-state index contributed by atoms with van der Waals surface area (Å²) in [5, 5.41) is 7.21. The number of rotatable bonds is 2. The summed E-state index contributed by atoms with van der Waals surface area (Å²) in [7, 11) is 0. The standard InChI is InChI=1S/C28H24BrCl2N3O2/c1-28(2)14-22-25(24(35)15-28)26(16-6-5-7-17(29)12-16)34(23-9-4-3-8-21(23)33-22)27(36)32-18-10-11-19(30)20(31)13-18/h3-13,26,33H,14-15H2,1-2H3,(H,32,36). The van der Waals surface area contributed by atoms with Gasteiger partial charge in [-0.3, -0.25) is 9.69 Å². The van der Waals surface area contributed by atoms with Crippen LogP contribution in [0.25, 0.3) is 0 Å². The predicted molar refractivity (Wildman–Crippen MR) is 150 cm³/mol. The van der Waals surface area contributed by atoms with E-state index >= 15 is 0 Å². The zero-order chi connectivity index (χ0) is 25.6. The first-order valence-corrected chi connectivity index (χ1v) is 13.1. The van der Waals surface area contributed by atoms with Crippen molar-refractivity contribution in [3.63, 3.8) is 0 Å². The summed E-state index contributed by atoms with van der Waals surface area (Å²) in [5.41, 5.74) is 4.01. The predicted octanol–water partition coefficient (Wildman–Crippen LogP) is 8.60. The first kappa shape index (κ1) is 24.9. The highest BCUT2D eigenvalue weighted by Gasteiger charge is 2.43. The van der Waals surface area contributed by atoms with Crippen molar-refractivity contribution in [3.8, 4) is 0 Å². The molecule has 0 radical (unpaired) electrons. The number of fused-ring (bicyclic) bond motifs is 1. The maximum Gasteiger partial charge on any atom is 0.327 e. The fourth-order valence-corrected chi connectivity index (χ4v) is 5.68. The zero-order valence-electron chi connectivity index (χ0n) is 19.7. The third kappa shape index (κ3) is 4.77. The molecule has 0 bridgehead atoms. The van der Waals surface area contributed by atoms with Gasteiger partial charge in [0, 0.05) is 27.9 Å². The maximum atomic E-state index is 14.0. The largest absolute Gasteiger partial charge is 0.357 e. The molecular weight excluding hydrogens is 561 g/mol. The minimum atomic E-state index is -0.639. The second kappa shape index (κ2) is 9.58. The number of nitrogens with zero attached hydrogens (tertiary/aromatic N) is 1. The van der Waals surface area contributed by atoms with E-state index in [1.54, 1.807) is 23.1 Å². The van der Waals surface area contributed by atoms with Gasteiger partial charge in [0.15, 0.2) is 5.78 Å². The summed E-state index contributed by atoms with van der Waals surface area (Å²) in [4.78, 5) is 29.4. The molecule has 3 aromatic rings. The summed E-state index contributed by atoms with van der Waals surface area (Å²) in [6.07, 6.45) is 1.09. The summed E-state index contributed by atoms with van der Waals surface area (Å²) < 4.78 is 0.862. The molecule has 0 saturated heterocycles. The van der Waals surface area contributed by atoms with Gasteiger partial charge in [-0.15, -0.1) is 0 Å². The van der Waals surface area contributed by atoms with Gasteiger partial charge in [0.05, 0.1) is 27.5 Å². The topological polar surface area (TPSA) is 61.4 Å². The maximum absolute atomic E-state index is 14.0. The van der Waals surface area contributed by atoms with Crippen molar-refractivity contribution >= 4 is 68.0 Å². The van der Waals surface area contributed by atoms with Crippen LogP contribution < -0.4 is 15.5 Å². The number of halogens is 3. The molecule has 2 N–H and O–H groups in total. The Bertz CT molecular complexity index is 1420. The van der Waals surface area contributed by atoms with E-state index in [9.17, 15) is 9.59 Å². The van der Waals surface area contributed by atoms with E-state index in [4.69, 9.17) is 23.2 Å². The van der Waals surface area contributed by atoms with Crippen LogP contribution in [-0.4, -0.2) is 11.8 Å². The molecular formula is C28H24BrCl2N3O2. The molecule has 8 heteroatoms. The molecule has 2 amide bonds. The van der Waals surface area contributed by atoms with Crippen molar-refractivity contribution in [2.24, 2.45) is 5.41 Å². The highest BCUT2D eigenvalue weighted by atomic mass is 79.9. The van der Waals surface area contributed by atoms with Gasteiger partial charge in [0.25, 0.3) is 0 Å². The van der Waals surface area contributed by atoms with E-state index in [2.05, 4.69) is 40.4 Å². The number of benzene rings is 3. The number of allylic oxidation sites excluding steroid dienone is 1.